The van der Waals surface area contributed by atoms with E-state index in [9.17, 15) is 14.4 Å². The van der Waals surface area contributed by atoms with Gasteiger partial charge in [-0.2, -0.15) is 0 Å². The van der Waals surface area contributed by atoms with Crippen LogP contribution in [-0.2, 0) is 14.4 Å². The Morgan fingerprint density at radius 3 is 1.76 bits per heavy atom. The van der Waals surface area contributed by atoms with Gasteiger partial charge in [-0.05, 0) is 6.42 Å². The molecule has 0 aliphatic carbocycles. The van der Waals surface area contributed by atoms with Gasteiger partial charge in [0, 0.05) is 26.1 Å². The number of hydrogen-bond donors (Lipinski definition) is 4. The summed E-state index contributed by atoms with van der Waals surface area (Å²) < 4.78 is 0. The zero-order valence-electron chi connectivity index (χ0n) is 16.5. The number of nitrogens with zero attached hydrogens (tertiary/aromatic N) is 1. The van der Waals surface area contributed by atoms with E-state index in [1.807, 2.05) is 0 Å². The van der Waals surface area contributed by atoms with E-state index >= 15 is 0 Å². The molecule has 0 fully saturated rings. The quantitative estimate of drug-likeness (QED) is 0.140. The van der Waals surface area contributed by atoms with Gasteiger partial charge in [0.15, 0.2) is 0 Å². The average Bonchev–Trinajstić information content (AvgIpc) is 2.62. The molecule has 162 valence electrons. The first-order valence-electron chi connectivity index (χ1n) is 10.0. The maximum absolute atomic E-state index is 12.2. The Hall–Kier alpha value is 0.330. The molecule has 0 rings (SSSR count). The number of rotatable bonds is 18. The molecule has 0 aliphatic heterocycles. The van der Waals surface area contributed by atoms with E-state index in [0.717, 1.165) is 19.3 Å². The molecule has 0 aromatic carbocycles. The van der Waals surface area contributed by atoms with Crippen molar-refractivity contribution in [3.8, 4) is 0 Å². The van der Waals surface area contributed by atoms with Crippen LogP contribution < -0.4 is 5.32 Å². The van der Waals surface area contributed by atoms with Gasteiger partial charge in [0.05, 0.1) is 6.61 Å². The number of aliphatic hydroxyl groups excluding tert-OH is 1. The second-order valence-corrected chi connectivity index (χ2v) is 6.75. The van der Waals surface area contributed by atoms with Crippen LogP contribution in [0.15, 0.2) is 0 Å². The molecule has 0 bridgehead atoms. The van der Waals surface area contributed by atoms with Gasteiger partial charge in [-0.3, -0.25) is 10.1 Å². The van der Waals surface area contributed by atoms with Crippen molar-refractivity contribution in [3.05, 3.63) is 0 Å². The van der Waals surface area contributed by atoms with E-state index in [0.29, 0.717) is 6.42 Å². The predicted octanol–water partition coefficient (Wildman–Crippen LogP) is 0.559. The number of aliphatic carboxylic acids is 2. The van der Waals surface area contributed by atoms with E-state index < -0.39 is 18.0 Å². The topological polar surface area (TPSA) is 127 Å². The van der Waals surface area contributed by atoms with Crippen LogP contribution in [0, 0.1) is 0 Å². The zero-order valence-corrected chi connectivity index (χ0v) is 16.5. The van der Waals surface area contributed by atoms with Crippen LogP contribution in [0.5, 0.6) is 0 Å². The summed E-state index contributed by atoms with van der Waals surface area (Å²) >= 11 is 0. The third-order valence-corrected chi connectivity index (χ3v) is 4.44. The van der Waals surface area contributed by atoms with Crippen LogP contribution in [0.4, 0.5) is 0 Å². The molecule has 0 aromatic heterocycles. The van der Waals surface area contributed by atoms with Gasteiger partial charge in [0.25, 0.3) is 0 Å². The van der Waals surface area contributed by atoms with Gasteiger partial charge in [0.1, 0.15) is 0 Å². The Morgan fingerprint density at radius 1 is 0.828 bits per heavy atom. The standard InChI is InChI=1S/C19H36N2O6.2Na.2H/c1-2-3-4-5-6-7-8-9-10-11-16(23)21(14-15-22)13-12-20-17(18(24)25)19(26)27;;;;/h17,20,22H,2-15H2,1H3,(H,24,25)(H,26,27);;;;. The minimum absolute atomic E-state index is 0. The monoisotopic (exact) mass is 436 g/mol. The van der Waals surface area contributed by atoms with Crippen molar-refractivity contribution in [3.63, 3.8) is 0 Å². The molecule has 10 heteroatoms. The number of amides is 1. The number of unbranched alkanes of at least 4 members (excludes halogenated alkanes) is 8. The summed E-state index contributed by atoms with van der Waals surface area (Å²) in [7, 11) is 0. The van der Waals surface area contributed by atoms with Crippen LogP contribution in [0.3, 0.4) is 0 Å². The van der Waals surface area contributed by atoms with Crippen LogP contribution in [0.1, 0.15) is 71.1 Å². The number of carbonyl (C=O) groups is 3. The molecule has 0 saturated carbocycles. The van der Waals surface area contributed by atoms with Crippen LogP contribution in [-0.4, -0.2) is 129 Å². The van der Waals surface area contributed by atoms with Gasteiger partial charge in [-0.1, -0.05) is 58.3 Å². The Balaban J connectivity index is -0.00000338. The zero-order chi connectivity index (χ0) is 20.5. The van der Waals surface area contributed by atoms with Gasteiger partial charge in [-0.25, -0.2) is 9.59 Å². The summed E-state index contributed by atoms with van der Waals surface area (Å²) in [6, 6.07) is -1.70. The maximum atomic E-state index is 12.2. The molecule has 0 heterocycles. The SMILES string of the molecule is CCCCCCCCCCCC(=O)N(CCO)CCNC(C(=O)O)C(=O)O.[NaH].[NaH]. The normalized spacial score (nSPS) is 10.2. The van der Waals surface area contributed by atoms with Crippen molar-refractivity contribution in [1.29, 1.82) is 0 Å². The number of nitrogens with one attached hydrogen (secondary N) is 1. The molecular weight excluding hydrogens is 398 g/mol. The second kappa shape index (κ2) is 23.0. The van der Waals surface area contributed by atoms with Crippen molar-refractivity contribution >= 4 is 77.0 Å². The van der Waals surface area contributed by atoms with Gasteiger partial charge < -0.3 is 20.2 Å². The van der Waals surface area contributed by atoms with Crippen molar-refractivity contribution < 1.29 is 29.7 Å². The molecule has 29 heavy (non-hydrogen) atoms. The number of carboxylic acids is 2. The molecule has 1 amide bonds. The molecule has 0 spiro atoms. The molecule has 0 aromatic rings. The molecule has 0 aliphatic rings. The van der Waals surface area contributed by atoms with E-state index in [1.54, 1.807) is 0 Å². The Morgan fingerprint density at radius 2 is 1.31 bits per heavy atom. The first-order valence-corrected chi connectivity index (χ1v) is 10.0. The predicted molar refractivity (Wildman–Crippen MR) is 117 cm³/mol. The summed E-state index contributed by atoms with van der Waals surface area (Å²) in [5.41, 5.74) is 0. The van der Waals surface area contributed by atoms with Crippen molar-refractivity contribution in [2.75, 3.05) is 26.2 Å². The number of carbonyl (C=O) groups excluding carboxylic acids is 1. The Kier molecular flexibility index (Phi) is 26.9. The number of hydrogen-bond acceptors (Lipinski definition) is 5. The molecule has 4 N–H and O–H groups in total. The second-order valence-electron chi connectivity index (χ2n) is 6.75. The summed E-state index contributed by atoms with van der Waals surface area (Å²) in [6.07, 6.45) is 10.8. The van der Waals surface area contributed by atoms with E-state index in [1.165, 1.54) is 43.4 Å². The Bertz CT molecular complexity index is 427. The first kappa shape index (κ1) is 34.0. The average molecular weight is 437 g/mol. The molecule has 8 nitrogen and oxygen atoms in total. The van der Waals surface area contributed by atoms with Crippen LogP contribution in [0.25, 0.3) is 0 Å². The molecule has 0 saturated heterocycles. The minimum atomic E-state index is -1.70. The Labute approximate surface area is 218 Å². The van der Waals surface area contributed by atoms with Crippen molar-refractivity contribution in [2.24, 2.45) is 0 Å². The van der Waals surface area contributed by atoms with Gasteiger partial charge >= 0.3 is 71.1 Å². The number of aliphatic hydroxyl groups is 1. The summed E-state index contributed by atoms with van der Waals surface area (Å²) in [6.45, 7) is 2.36. The summed E-state index contributed by atoms with van der Waals surface area (Å²) in [5.74, 6) is -3.05. The van der Waals surface area contributed by atoms with Gasteiger partial charge in [-0.15, -0.1) is 0 Å². The number of carboxylic acid groups (broad SMARTS) is 2. The van der Waals surface area contributed by atoms with E-state index in [2.05, 4.69) is 12.2 Å². The molecule has 0 atom stereocenters. The summed E-state index contributed by atoms with van der Waals surface area (Å²) in [5, 5.41) is 29.1. The fourth-order valence-electron chi connectivity index (χ4n) is 2.85. The van der Waals surface area contributed by atoms with E-state index in [-0.39, 0.29) is 91.3 Å². The van der Waals surface area contributed by atoms with E-state index in [4.69, 9.17) is 15.3 Å². The molecular formula is C19H38N2Na2O6. The van der Waals surface area contributed by atoms with Crippen molar-refractivity contribution in [2.45, 2.75) is 77.2 Å². The first-order chi connectivity index (χ1) is 12.9. The molecule has 0 unspecified atom stereocenters. The third kappa shape index (κ3) is 18.8. The van der Waals surface area contributed by atoms with Crippen LogP contribution >= 0.6 is 0 Å². The molecule has 0 radical (unpaired) electrons. The fourth-order valence-corrected chi connectivity index (χ4v) is 2.85. The summed E-state index contributed by atoms with van der Waals surface area (Å²) in [4.78, 5) is 35.3. The van der Waals surface area contributed by atoms with Crippen LogP contribution in [0.2, 0.25) is 0 Å². The van der Waals surface area contributed by atoms with Crippen molar-refractivity contribution in [1.82, 2.24) is 10.2 Å². The fraction of sp³-hybridized carbons (Fsp3) is 0.842. The van der Waals surface area contributed by atoms with Gasteiger partial charge in [0.2, 0.25) is 11.9 Å². The third-order valence-electron chi connectivity index (χ3n) is 4.44.